The molecule has 0 aliphatic rings. The molecule has 8 heteroatoms. The van der Waals surface area contributed by atoms with Crippen molar-refractivity contribution in [1.29, 1.82) is 0 Å². The first kappa shape index (κ1) is 19.2. The Morgan fingerprint density at radius 1 is 1.24 bits per heavy atom. The van der Waals surface area contributed by atoms with E-state index in [-0.39, 0.29) is 17.9 Å². The van der Waals surface area contributed by atoms with E-state index < -0.39 is 0 Å². The summed E-state index contributed by atoms with van der Waals surface area (Å²) in [6.45, 7) is 6.73. The third-order valence-electron chi connectivity index (χ3n) is 4.95. The Morgan fingerprint density at radius 2 is 2.07 bits per heavy atom. The van der Waals surface area contributed by atoms with Crippen LogP contribution in [0.1, 0.15) is 32.5 Å². The molecule has 0 bridgehead atoms. The summed E-state index contributed by atoms with van der Waals surface area (Å²) < 4.78 is 7.10. The fraction of sp³-hybridized carbons (Fsp3) is 0.286. The summed E-state index contributed by atoms with van der Waals surface area (Å²) in [7, 11) is 0. The quantitative estimate of drug-likeness (QED) is 0.528. The van der Waals surface area contributed by atoms with Crippen molar-refractivity contribution in [1.82, 2.24) is 19.5 Å². The van der Waals surface area contributed by atoms with Crippen LogP contribution in [0.3, 0.4) is 0 Å². The normalized spacial score (nSPS) is 11.3. The molecule has 0 spiro atoms. The van der Waals surface area contributed by atoms with Crippen molar-refractivity contribution in [2.24, 2.45) is 0 Å². The van der Waals surface area contributed by atoms with Crippen molar-refractivity contribution >= 4 is 22.9 Å². The average Bonchev–Trinajstić information content (AvgIpc) is 3.40. The molecule has 4 aromatic heterocycles. The van der Waals surface area contributed by atoms with Gasteiger partial charge in [-0.2, -0.15) is 0 Å². The molecule has 0 unspecified atom stereocenters. The minimum Gasteiger partial charge on any atom is -0.467 e. The number of carbonyl (C=O) groups is 1. The molecule has 4 aromatic rings. The van der Waals surface area contributed by atoms with Crippen molar-refractivity contribution in [2.75, 3.05) is 0 Å². The van der Waals surface area contributed by atoms with E-state index in [0.29, 0.717) is 18.7 Å². The Bertz CT molecular complexity index is 1220. The zero-order valence-corrected chi connectivity index (χ0v) is 17.4. The third kappa shape index (κ3) is 4.02. The number of H-pyrrole nitrogens is 1. The van der Waals surface area contributed by atoms with Gasteiger partial charge in [0.25, 0.3) is 5.56 Å². The number of thiophene rings is 1. The lowest BCUT2D eigenvalue weighted by Crippen LogP contribution is -2.31. The summed E-state index contributed by atoms with van der Waals surface area (Å²) in [5.74, 6) is 0.720. The highest BCUT2D eigenvalue weighted by Gasteiger charge is 2.21. The molecular formula is C21H22N4O3S. The maximum atomic E-state index is 13.3. The van der Waals surface area contributed by atoms with Crippen LogP contribution in [0, 0.1) is 20.8 Å². The van der Waals surface area contributed by atoms with Crippen LogP contribution in [-0.4, -0.2) is 25.4 Å². The summed E-state index contributed by atoms with van der Waals surface area (Å²) >= 11 is 1.68. The lowest BCUT2D eigenvalue weighted by molar-refractivity contribution is -0.132. The lowest BCUT2D eigenvalue weighted by Gasteiger charge is -2.22. The van der Waals surface area contributed by atoms with Gasteiger partial charge in [0, 0.05) is 32.8 Å². The fourth-order valence-corrected chi connectivity index (χ4v) is 4.36. The van der Waals surface area contributed by atoms with Crippen molar-refractivity contribution in [3.8, 4) is 0 Å². The van der Waals surface area contributed by atoms with Crippen LogP contribution in [0.4, 0.5) is 0 Å². The average molecular weight is 410 g/mol. The number of nitrogens with zero attached hydrogens (tertiary/aromatic N) is 3. The standard InChI is InChI=1S/C21H22N4O3S/c1-13-6-7-17(29-13)12-24(11-16-5-4-8-28-16)21(27)9-18-14(2)22-19-10-20(26)23-25(19)15(18)3/h4-8,10H,9,11-12H2,1-3H3,(H,23,26). The second kappa shape index (κ2) is 7.71. The van der Waals surface area contributed by atoms with Gasteiger partial charge in [-0.05, 0) is 45.0 Å². The van der Waals surface area contributed by atoms with Crippen molar-refractivity contribution in [3.63, 3.8) is 0 Å². The lowest BCUT2D eigenvalue weighted by atomic mass is 10.1. The predicted octanol–water partition coefficient (Wildman–Crippen LogP) is 3.37. The van der Waals surface area contributed by atoms with Gasteiger partial charge in [-0.1, -0.05) is 0 Å². The Labute approximate surface area is 171 Å². The second-order valence-corrected chi connectivity index (χ2v) is 8.47. The molecule has 0 aliphatic heterocycles. The molecule has 0 saturated heterocycles. The van der Waals surface area contributed by atoms with E-state index in [2.05, 4.69) is 29.1 Å². The van der Waals surface area contributed by atoms with Gasteiger partial charge in [0.05, 0.1) is 25.8 Å². The number of nitrogens with one attached hydrogen (secondary N) is 1. The molecule has 0 atom stereocenters. The minimum atomic E-state index is -0.212. The number of aryl methyl sites for hydroxylation is 3. The minimum absolute atomic E-state index is 0.0192. The van der Waals surface area contributed by atoms with Gasteiger partial charge < -0.3 is 9.32 Å². The first-order chi connectivity index (χ1) is 13.9. The molecule has 7 nitrogen and oxygen atoms in total. The maximum Gasteiger partial charge on any atom is 0.266 e. The van der Waals surface area contributed by atoms with Crippen LogP contribution in [-0.2, 0) is 24.3 Å². The van der Waals surface area contributed by atoms with Crippen molar-refractivity contribution in [2.45, 2.75) is 40.3 Å². The topological polar surface area (TPSA) is 83.6 Å². The van der Waals surface area contributed by atoms with E-state index in [1.807, 2.05) is 26.0 Å². The zero-order valence-electron chi connectivity index (χ0n) is 16.6. The van der Waals surface area contributed by atoms with Gasteiger partial charge in [-0.25, -0.2) is 9.50 Å². The van der Waals surface area contributed by atoms with E-state index in [0.717, 1.165) is 27.6 Å². The molecule has 150 valence electrons. The third-order valence-corrected chi connectivity index (χ3v) is 5.94. The number of hydrogen-bond donors (Lipinski definition) is 1. The van der Waals surface area contributed by atoms with Crippen LogP contribution in [0.25, 0.3) is 5.65 Å². The molecule has 1 amide bonds. The van der Waals surface area contributed by atoms with E-state index in [9.17, 15) is 9.59 Å². The van der Waals surface area contributed by atoms with Gasteiger partial charge in [0.1, 0.15) is 5.76 Å². The maximum absolute atomic E-state index is 13.3. The number of carbonyl (C=O) groups excluding carboxylic acids is 1. The molecule has 0 fully saturated rings. The number of aromatic amines is 1. The van der Waals surface area contributed by atoms with Gasteiger partial charge in [0.15, 0.2) is 5.65 Å². The van der Waals surface area contributed by atoms with E-state index in [1.165, 1.54) is 10.9 Å². The van der Waals surface area contributed by atoms with Gasteiger partial charge >= 0.3 is 0 Å². The number of furan rings is 1. The van der Waals surface area contributed by atoms with Crippen molar-refractivity contribution < 1.29 is 9.21 Å². The van der Waals surface area contributed by atoms with Crippen LogP contribution in [0.2, 0.25) is 0 Å². The molecular weight excluding hydrogens is 388 g/mol. The van der Waals surface area contributed by atoms with Gasteiger partial charge in [-0.15, -0.1) is 11.3 Å². The molecule has 0 aliphatic carbocycles. The van der Waals surface area contributed by atoms with E-state index in [1.54, 1.807) is 27.0 Å². The highest BCUT2D eigenvalue weighted by atomic mass is 32.1. The van der Waals surface area contributed by atoms with Crippen LogP contribution >= 0.6 is 11.3 Å². The summed E-state index contributed by atoms with van der Waals surface area (Å²) in [5, 5.41) is 2.74. The Kier molecular flexibility index (Phi) is 5.10. The van der Waals surface area contributed by atoms with E-state index in [4.69, 9.17) is 4.42 Å². The molecule has 4 rings (SSSR count). The van der Waals surface area contributed by atoms with Crippen LogP contribution in [0.5, 0.6) is 0 Å². The first-order valence-corrected chi connectivity index (χ1v) is 10.2. The second-order valence-electron chi connectivity index (χ2n) is 7.09. The smallest absolute Gasteiger partial charge is 0.266 e. The van der Waals surface area contributed by atoms with Crippen LogP contribution in [0.15, 0.2) is 45.8 Å². The highest BCUT2D eigenvalue weighted by Crippen LogP contribution is 2.21. The van der Waals surface area contributed by atoms with Gasteiger partial charge in [-0.3, -0.25) is 14.7 Å². The summed E-state index contributed by atoms with van der Waals surface area (Å²) in [6.07, 6.45) is 1.81. The fourth-order valence-electron chi connectivity index (χ4n) is 3.46. The summed E-state index contributed by atoms with van der Waals surface area (Å²) in [4.78, 5) is 33.6. The monoisotopic (exact) mass is 410 g/mol. The number of aromatic nitrogens is 3. The predicted molar refractivity (Wildman–Crippen MR) is 111 cm³/mol. The van der Waals surface area contributed by atoms with Crippen LogP contribution < -0.4 is 5.56 Å². The Morgan fingerprint density at radius 3 is 2.76 bits per heavy atom. The molecule has 0 radical (unpaired) electrons. The summed E-state index contributed by atoms with van der Waals surface area (Å²) in [5.41, 5.74) is 2.73. The first-order valence-electron chi connectivity index (χ1n) is 9.34. The molecule has 0 saturated carbocycles. The molecule has 0 aromatic carbocycles. The SMILES string of the molecule is Cc1ccc(CN(Cc2ccco2)C(=O)Cc2c(C)nc3cc(=O)[nH]n3c2C)s1. The summed E-state index contributed by atoms with van der Waals surface area (Å²) in [6, 6.07) is 9.26. The molecule has 4 heterocycles. The largest absolute Gasteiger partial charge is 0.467 e. The number of hydrogen-bond acceptors (Lipinski definition) is 5. The molecule has 29 heavy (non-hydrogen) atoms. The number of amides is 1. The van der Waals surface area contributed by atoms with E-state index >= 15 is 0 Å². The Hall–Kier alpha value is -3.13. The number of rotatable bonds is 6. The highest BCUT2D eigenvalue weighted by molar-refractivity contribution is 7.11. The van der Waals surface area contributed by atoms with Crippen molar-refractivity contribution in [3.05, 3.63) is 79.4 Å². The zero-order chi connectivity index (χ0) is 20.5. The number of fused-ring (bicyclic) bond motifs is 1. The Balaban J connectivity index is 1.63. The van der Waals surface area contributed by atoms with Gasteiger partial charge in [0.2, 0.25) is 5.91 Å². The molecule has 1 N–H and O–H groups in total.